The van der Waals surface area contributed by atoms with Crippen molar-refractivity contribution < 1.29 is 75.3 Å². The van der Waals surface area contributed by atoms with Crippen LogP contribution in [0.2, 0.25) is 0 Å². The van der Waals surface area contributed by atoms with Gasteiger partial charge in [0.25, 0.3) is 5.90 Å². The Bertz CT molecular complexity index is 2340. The first-order chi connectivity index (χ1) is 32.7. The predicted octanol–water partition coefficient (Wildman–Crippen LogP) is 7.99. The smallest absolute Gasteiger partial charge is 0.456 e. The molecule has 2 fully saturated rings. The van der Waals surface area contributed by atoms with E-state index in [1.807, 2.05) is 60.7 Å². The molecule has 10 atom stereocenters. The van der Waals surface area contributed by atoms with Gasteiger partial charge in [-0.2, -0.15) is 13.2 Å². The molecule has 6 rings (SSSR count). The van der Waals surface area contributed by atoms with Crippen LogP contribution < -0.4 is 0 Å². The predicted molar refractivity (Wildman–Crippen MR) is 235 cm³/mol. The van der Waals surface area contributed by atoms with Crippen LogP contribution in [0.1, 0.15) is 60.7 Å². The summed E-state index contributed by atoms with van der Waals surface area (Å²) < 4.78 is 98.5. The van der Waals surface area contributed by atoms with Gasteiger partial charge in [0.15, 0.2) is 18.5 Å². The molecule has 2 aliphatic heterocycles. The zero-order valence-electron chi connectivity index (χ0n) is 37.3. The molecule has 0 aromatic heterocycles. The minimum atomic E-state index is -5.28. The second-order valence-corrected chi connectivity index (χ2v) is 15.7. The van der Waals surface area contributed by atoms with E-state index in [1.165, 1.54) is 42.5 Å². The van der Waals surface area contributed by atoms with Crippen LogP contribution in [0.5, 0.6) is 0 Å². The Hall–Kier alpha value is -6.38. The van der Waals surface area contributed by atoms with E-state index in [0.29, 0.717) is 0 Å². The number of ether oxygens (including phenoxy) is 9. The van der Waals surface area contributed by atoms with E-state index in [4.69, 9.17) is 48.2 Å². The number of aliphatic hydroxyl groups is 1. The van der Waals surface area contributed by atoms with Gasteiger partial charge < -0.3 is 47.7 Å². The highest BCUT2D eigenvalue weighted by Crippen LogP contribution is 2.35. The molecule has 0 amide bonds. The van der Waals surface area contributed by atoms with Crippen LogP contribution in [0.25, 0.3) is 10.4 Å². The Morgan fingerprint density at radius 3 is 1.93 bits per heavy atom. The first-order valence-electron chi connectivity index (χ1n) is 21.7. The maximum absolute atomic E-state index is 14.9. The highest BCUT2D eigenvalue weighted by Gasteiger charge is 2.56. The van der Waals surface area contributed by atoms with Gasteiger partial charge in [0.2, 0.25) is 12.4 Å². The number of alkyl halides is 3. The second-order valence-electron chi connectivity index (χ2n) is 15.7. The Morgan fingerprint density at radius 2 is 1.32 bits per heavy atom. The molecule has 2 heterocycles. The van der Waals surface area contributed by atoms with Crippen molar-refractivity contribution in [2.24, 2.45) is 10.1 Å². The van der Waals surface area contributed by atoms with Gasteiger partial charge in [-0.1, -0.05) is 109 Å². The summed E-state index contributed by atoms with van der Waals surface area (Å²) in [5.74, 6) is -4.90. The van der Waals surface area contributed by atoms with Crippen molar-refractivity contribution in [3.05, 3.63) is 148 Å². The average molecular weight is 949 g/mol. The number of para-hydroxylation sites is 1. The number of aliphatic hydroxyl groups excluding tert-OH is 1. The minimum absolute atomic E-state index is 0.0550. The summed E-state index contributed by atoms with van der Waals surface area (Å²) in [7, 11) is 0. The number of rotatable bonds is 19. The normalized spacial score (nSPS) is 25.1. The lowest BCUT2D eigenvalue weighted by Crippen LogP contribution is -2.64. The molecule has 1 unspecified atom stereocenters. The van der Waals surface area contributed by atoms with E-state index < -0.39 is 98.0 Å². The zero-order valence-corrected chi connectivity index (χ0v) is 37.3. The molecule has 68 heavy (non-hydrogen) atoms. The number of hydrogen-bond acceptors (Lipinski definition) is 15. The molecule has 20 heteroatoms. The van der Waals surface area contributed by atoms with Crippen molar-refractivity contribution >= 4 is 29.5 Å². The number of azide groups is 1. The van der Waals surface area contributed by atoms with Gasteiger partial charge in [0.1, 0.15) is 24.4 Å². The van der Waals surface area contributed by atoms with Gasteiger partial charge in [-0.3, -0.25) is 9.59 Å². The average Bonchev–Trinajstić information content (AvgIpc) is 3.32. The number of esters is 3. The topological polar surface area (TPSA) is 216 Å². The lowest BCUT2D eigenvalue weighted by Gasteiger charge is -2.46. The number of halogens is 3. The van der Waals surface area contributed by atoms with Gasteiger partial charge in [-0.25, -0.2) is 9.79 Å². The third-order valence-electron chi connectivity index (χ3n) is 10.6. The highest BCUT2D eigenvalue weighted by atomic mass is 19.4. The van der Waals surface area contributed by atoms with Crippen molar-refractivity contribution in [3.63, 3.8) is 0 Å². The van der Waals surface area contributed by atoms with E-state index in [2.05, 4.69) is 15.0 Å². The third kappa shape index (κ3) is 14.1. The fourth-order valence-electron chi connectivity index (χ4n) is 7.42. The van der Waals surface area contributed by atoms with Crippen molar-refractivity contribution in [2.75, 3.05) is 6.61 Å². The van der Waals surface area contributed by atoms with E-state index in [-0.39, 0.29) is 49.4 Å². The van der Waals surface area contributed by atoms with Crippen molar-refractivity contribution in [1.29, 1.82) is 0 Å². The lowest BCUT2D eigenvalue weighted by atomic mass is 9.97. The van der Waals surface area contributed by atoms with Gasteiger partial charge in [-0.05, 0) is 53.8 Å². The van der Waals surface area contributed by atoms with Gasteiger partial charge in [0.05, 0.1) is 43.7 Å². The molecule has 2 saturated heterocycles. The largest absolute Gasteiger partial charge is 0.468 e. The molecule has 4 aromatic rings. The maximum Gasteiger partial charge on any atom is 0.468 e. The molecule has 0 bridgehead atoms. The molecule has 17 nitrogen and oxygen atoms in total. The van der Waals surface area contributed by atoms with Crippen molar-refractivity contribution in [3.8, 4) is 0 Å². The molecule has 0 aliphatic carbocycles. The molecule has 0 radical (unpaired) electrons. The van der Waals surface area contributed by atoms with Gasteiger partial charge >= 0.3 is 24.1 Å². The van der Waals surface area contributed by atoms with E-state index in [9.17, 15) is 32.7 Å². The fourth-order valence-corrected chi connectivity index (χ4v) is 7.42. The number of hydrogen-bond donors (Lipinski definition) is 1. The summed E-state index contributed by atoms with van der Waals surface area (Å²) in [6.45, 7) is 3.52. The minimum Gasteiger partial charge on any atom is -0.456 e. The molecule has 0 saturated carbocycles. The molecule has 4 aromatic carbocycles. The summed E-state index contributed by atoms with van der Waals surface area (Å²) in [5, 5.41) is 15.4. The van der Waals surface area contributed by atoms with E-state index in [1.54, 1.807) is 26.0 Å². The van der Waals surface area contributed by atoms with Crippen LogP contribution in [0.15, 0.2) is 125 Å². The van der Waals surface area contributed by atoms with Gasteiger partial charge in [-0.15, -0.1) is 0 Å². The first-order valence-corrected chi connectivity index (χ1v) is 21.7. The molecule has 2 aliphatic rings. The Labute approximate surface area is 389 Å². The van der Waals surface area contributed by atoms with Crippen LogP contribution in [-0.4, -0.2) is 103 Å². The third-order valence-corrected chi connectivity index (χ3v) is 10.6. The van der Waals surface area contributed by atoms with Crippen LogP contribution in [0.4, 0.5) is 18.9 Å². The molecule has 0 spiro atoms. The summed E-state index contributed by atoms with van der Waals surface area (Å²) in [6.07, 6.45) is -20.8. The number of carbonyl (C=O) groups is 3. The molecular weight excluding hydrogens is 898 g/mol. The summed E-state index contributed by atoms with van der Waals surface area (Å²) in [5.41, 5.74) is 10.4. The van der Waals surface area contributed by atoms with Crippen LogP contribution in [0, 0.1) is 0 Å². The quantitative estimate of drug-likeness (QED) is 0.0180. The Balaban J connectivity index is 1.36. The SMILES string of the molecule is CCCC(=O)O[C@H]1[C@H](OC(C)=O)[C@@H](CO[C@@H]2O[C@H](C)[C@H](OCc3ccccc3)[C@H](OCc3ccccc3)[C@@H]2O)OC(OC(=Nc2ccccc2)C(F)(F)F)[C@@H]1OC(=O)c1ccccc1CN=[N+]=[N-]. The van der Waals surface area contributed by atoms with Crippen LogP contribution in [-0.2, 0) is 72.0 Å². The molecule has 1 N–H and O–H groups in total. The van der Waals surface area contributed by atoms with Crippen molar-refractivity contribution in [1.82, 2.24) is 0 Å². The standard InChI is InChI=1S/C48H51F3N4O13/c1-4-16-37(57)66-42-40(64-30(3)56)36(28-62-45-38(58)41(61-27-32-19-10-6-11-20-32)39(29(2)63-45)60-26-31-17-8-5-9-18-31)65-46(68-47(48(49,50)51)54-34-22-12-7-13-23-34)43(42)67-44(59)35-24-15-14-21-33(35)25-53-55-52/h5-15,17-24,29,36,38-43,45-46,58H,4,16,25-28H2,1-3H3/t29-,36-,38+,39+,40-,41-,42+,43-,45-,46?/m1/s1. The summed E-state index contributed by atoms with van der Waals surface area (Å²) >= 11 is 0. The van der Waals surface area contributed by atoms with E-state index >= 15 is 0 Å². The Kier molecular flexibility index (Phi) is 18.4. The monoisotopic (exact) mass is 948 g/mol. The summed E-state index contributed by atoms with van der Waals surface area (Å²) in [4.78, 5) is 46.7. The number of nitrogens with zero attached hydrogens (tertiary/aromatic N) is 4. The highest BCUT2D eigenvalue weighted by molar-refractivity contribution is 5.91. The van der Waals surface area contributed by atoms with Crippen molar-refractivity contribution in [2.45, 2.75) is 121 Å². The maximum atomic E-state index is 14.9. The fraction of sp³-hybridized carbons (Fsp3) is 0.417. The van der Waals surface area contributed by atoms with Crippen LogP contribution >= 0.6 is 0 Å². The second kappa shape index (κ2) is 24.6. The first kappa shape index (κ1) is 51.0. The zero-order chi connectivity index (χ0) is 48.6. The number of carbonyl (C=O) groups excluding carboxylic acids is 3. The molecule has 362 valence electrons. The lowest BCUT2D eigenvalue weighted by molar-refractivity contribution is -0.330. The molecular formula is C48H51F3N4O13. The summed E-state index contributed by atoms with van der Waals surface area (Å²) in [6, 6.07) is 31.2. The van der Waals surface area contributed by atoms with E-state index in [0.717, 1.165) is 18.1 Å². The Morgan fingerprint density at radius 1 is 0.721 bits per heavy atom. The number of aliphatic imine (C=N–C) groups is 1. The number of benzene rings is 4. The van der Waals surface area contributed by atoms with Gasteiger partial charge in [0, 0.05) is 18.3 Å². The van der Waals surface area contributed by atoms with Crippen LogP contribution in [0.3, 0.4) is 0 Å².